The first-order chi connectivity index (χ1) is 8.34. The van der Waals surface area contributed by atoms with E-state index >= 15 is 0 Å². The molecule has 0 fully saturated rings. The summed E-state index contributed by atoms with van der Waals surface area (Å²) in [7, 11) is 0. The number of thiophene rings is 1. The Balaban J connectivity index is 1.92. The van der Waals surface area contributed by atoms with Crippen LogP contribution in [0.4, 0.5) is 5.82 Å². The van der Waals surface area contributed by atoms with Crippen LogP contribution in [0.3, 0.4) is 0 Å². The number of anilines is 1. The van der Waals surface area contributed by atoms with Gasteiger partial charge in [-0.3, -0.25) is 0 Å². The molecule has 3 nitrogen and oxygen atoms in total. The predicted octanol–water partition coefficient (Wildman–Crippen LogP) is 4.06. The lowest BCUT2D eigenvalue weighted by molar-refractivity contribution is 0.490. The second kappa shape index (κ2) is 4.22. The lowest BCUT2D eigenvalue weighted by Crippen LogP contribution is -2.06. The molecule has 3 aromatic rings. The minimum absolute atomic E-state index is 0.114. The fraction of sp³-hybridized carbons (Fsp3) is 0.154. The predicted molar refractivity (Wildman–Crippen MR) is 70.4 cm³/mol. The van der Waals surface area contributed by atoms with Crippen LogP contribution >= 0.6 is 11.3 Å². The van der Waals surface area contributed by atoms with E-state index in [4.69, 9.17) is 4.42 Å². The van der Waals surface area contributed by atoms with Crippen LogP contribution < -0.4 is 5.32 Å². The molecule has 3 aromatic heterocycles. The van der Waals surface area contributed by atoms with Gasteiger partial charge in [0.05, 0.1) is 12.3 Å². The monoisotopic (exact) mass is 244 g/mol. The molecule has 4 heteroatoms. The molecule has 1 atom stereocenters. The zero-order valence-corrected chi connectivity index (χ0v) is 10.2. The maximum Gasteiger partial charge on any atom is 0.135 e. The Morgan fingerprint density at radius 1 is 1.35 bits per heavy atom. The second-order valence-corrected chi connectivity index (χ2v) is 4.82. The standard InChI is InChI=1S/C13H12N2OS/c1-9(11-3-2-7-16-11)15-13-10-5-8-17-12(10)4-6-14-13/h2-9H,1H3,(H,14,15). The molecule has 86 valence electrons. The van der Waals surface area contributed by atoms with E-state index in [0.29, 0.717) is 0 Å². The fourth-order valence-electron chi connectivity index (χ4n) is 1.82. The third kappa shape index (κ3) is 1.91. The van der Waals surface area contributed by atoms with E-state index in [1.807, 2.05) is 24.4 Å². The van der Waals surface area contributed by atoms with Crippen molar-refractivity contribution in [2.75, 3.05) is 5.32 Å². The lowest BCUT2D eigenvalue weighted by Gasteiger charge is -2.12. The number of hydrogen-bond donors (Lipinski definition) is 1. The van der Waals surface area contributed by atoms with Crippen LogP contribution in [0.15, 0.2) is 46.5 Å². The highest BCUT2D eigenvalue weighted by molar-refractivity contribution is 7.17. The molecule has 0 aromatic carbocycles. The van der Waals surface area contributed by atoms with Crippen molar-refractivity contribution >= 4 is 27.2 Å². The van der Waals surface area contributed by atoms with Gasteiger partial charge in [0.2, 0.25) is 0 Å². The maximum atomic E-state index is 5.37. The number of furan rings is 1. The molecule has 0 amide bonds. The third-order valence-electron chi connectivity index (χ3n) is 2.70. The number of rotatable bonds is 3. The topological polar surface area (TPSA) is 38.1 Å². The number of nitrogens with zero attached hydrogens (tertiary/aromatic N) is 1. The average Bonchev–Trinajstić information content (AvgIpc) is 3.00. The summed E-state index contributed by atoms with van der Waals surface area (Å²) in [4.78, 5) is 4.38. The fourth-order valence-corrected chi connectivity index (χ4v) is 2.61. The Labute approximate surface area is 103 Å². The molecule has 0 bridgehead atoms. The van der Waals surface area contributed by atoms with E-state index in [-0.39, 0.29) is 6.04 Å². The summed E-state index contributed by atoms with van der Waals surface area (Å²) in [6, 6.07) is 8.09. The summed E-state index contributed by atoms with van der Waals surface area (Å²) < 4.78 is 6.62. The van der Waals surface area contributed by atoms with E-state index in [2.05, 4.69) is 28.7 Å². The van der Waals surface area contributed by atoms with Crippen molar-refractivity contribution in [1.82, 2.24) is 4.98 Å². The third-order valence-corrected chi connectivity index (χ3v) is 3.59. The van der Waals surface area contributed by atoms with E-state index in [1.54, 1.807) is 17.6 Å². The highest BCUT2D eigenvalue weighted by atomic mass is 32.1. The minimum Gasteiger partial charge on any atom is -0.467 e. The molecular weight excluding hydrogens is 232 g/mol. The first-order valence-electron chi connectivity index (χ1n) is 5.47. The van der Waals surface area contributed by atoms with Crippen LogP contribution in [0, 0.1) is 0 Å². The lowest BCUT2D eigenvalue weighted by atomic mass is 10.2. The summed E-state index contributed by atoms with van der Waals surface area (Å²) in [6.45, 7) is 2.06. The van der Waals surface area contributed by atoms with Gasteiger partial charge in [0.25, 0.3) is 0 Å². The van der Waals surface area contributed by atoms with Crippen molar-refractivity contribution in [3.05, 3.63) is 47.9 Å². The Morgan fingerprint density at radius 3 is 3.12 bits per heavy atom. The highest BCUT2D eigenvalue weighted by Crippen LogP contribution is 2.28. The Morgan fingerprint density at radius 2 is 2.29 bits per heavy atom. The number of fused-ring (bicyclic) bond motifs is 1. The molecule has 3 heterocycles. The Bertz CT molecular complexity index is 615. The average molecular weight is 244 g/mol. The molecule has 0 aliphatic rings. The maximum absolute atomic E-state index is 5.37. The van der Waals surface area contributed by atoms with Crippen LogP contribution in [0.2, 0.25) is 0 Å². The first-order valence-corrected chi connectivity index (χ1v) is 6.35. The SMILES string of the molecule is CC(Nc1nccc2sccc12)c1ccco1. The number of pyridine rings is 1. The molecule has 0 saturated carbocycles. The molecule has 17 heavy (non-hydrogen) atoms. The van der Waals surface area contributed by atoms with E-state index in [0.717, 1.165) is 17.0 Å². The van der Waals surface area contributed by atoms with Gasteiger partial charge in [-0.05, 0) is 36.6 Å². The Kier molecular flexibility index (Phi) is 2.57. The first kappa shape index (κ1) is 10.4. The molecule has 0 radical (unpaired) electrons. The molecular formula is C13H12N2OS. The van der Waals surface area contributed by atoms with Gasteiger partial charge in [-0.15, -0.1) is 11.3 Å². The van der Waals surface area contributed by atoms with Crippen LogP contribution in [-0.2, 0) is 0 Å². The van der Waals surface area contributed by atoms with Crippen molar-refractivity contribution in [1.29, 1.82) is 0 Å². The summed E-state index contributed by atoms with van der Waals surface area (Å²) in [5.41, 5.74) is 0. The van der Waals surface area contributed by atoms with Gasteiger partial charge in [0.1, 0.15) is 11.6 Å². The van der Waals surface area contributed by atoms with E-state index < -0.39 is 0 Å². The largest absolute Gasteiger partial charge is 0.467 e. The molecule has 0 aliphatic heterocycles. The molecule has 1 unspecified atom stereocenters. The van der Waals surface area contributed by atoms with Gasteiger partial charge < -0.3 is 9.73 Å². The van der Waals surface area contributed by atoms with E-state index in [1.165, 1.54) is 4.70 Å². The van der Waals surface area contributed by atoms with Gasteiger partial charge in [-0.25, -0.2) is 4.98 Å². The molecule has 0 spiro atoms. The van der Waals surface area contributed by atoms with Gasteiger partial charge >= 0.3 is 0 Å². The van der Waals surface area contributed by atoms with Crippen molar-refractivity contribution in [3.8, 4) is 0 Å². The van der Waals surface area contributed by atoms with Crippen LogP contribution in [-0.4, -0.2) is 4.98 Å². The minimum atomic E-state index is 0.114. The zero-order valence-electron chi connectivity index (χ0n) is 9.38. The summed E-state index contributed by atoms with van der Waals surface area (Å²) in [5.74, 6) is 1.83. The van der Waals surface area contributed by atoms with Gasteiger partial charge in [-0.1, -0.05) is 0 Å². The molecule has 0 saturated heterocycles. The number of aromatic nitrogens is 1. The molecule has 0 aliphatic carbocycles. The summed E-state index contributed by atoms with van der Waals surface area (Å²) in [5, 5.41) is 6.62. The summed E-state index contributed by atoms with van der Waals surface area (Å²) in [6.07, 6.45) is 3.52. The summed E-state index contributed by atoms with van der Waals surface area (Å²) >= 11 is 1.72. The smallest absolute Gasteiger partial charge is 0.135 e. The second-order valence-electron chi connectivity index (χ2n) is 3.87. The number of hydrogen-bond acceptors (Lipinski definition) is 4. The Hall–Kier alpha value is -1.81. The van der Waals surface area contributed by atoms with Crippen molar-refractivity contribution < 1.29 is 4.42 Å². The van der Waals surface area contributed by atoms with Crippen molar-refractivity contribution in [3.63, 3.8) is 0 Å². The quantitative estimate of drug-likeness (QED) is 0.755. The van der Waals surface area contributed by atoms with Gasteiger partial charge in [0, 0.05) is 16.3 Å². The molecule has 3 rings (SSSR count). The van der Waals surface area contributed by atoms with Crippen LogP contribution in [0.1, 0.15) is 18.7 Å². The zero-order chi connectivity index (χ0) is 11.7. The van der Waals surface area contributed by atoms with Crippen molar-refractivity contribution in [2.24, 2.45) is 0 Å². The van der Waals surface area contributed by atoms with Gasteiger partial charge in [0.15, 0.2) is 0 Å². The van der Waals surface area contributed by atoms with Crippen LogP contribution in [0.5, 0.6) is 0 Å². The molecule has 1 N–H and O–H groups in total. The normalized spacial score (nSPS) is 12.8. The van der Waals surface area contributed by atoms with Crippen molar-refractivity contribution in [2.45, 2.75) is 13.0 Å². The number of nitrogens with one attached hydrogen (secondary N) is 1. The highest BCUT2D eigenvalue weighted by Gasteiger charge is 2.10. The van der Waals surface area contributed by atoms with Gasteiger partial charge in [-0.2, -0.15) is 0 Å². The van der Waals surface area contributed by atoms with Crippen LogP contribution in [0.25, 0.3) is 10.1 Å². The van der Waals surface area contributed by atoms with E-state index in [9.17, 15) is 0 Å².